The predicted octanol–water partition coefficient (Wildman–Crippen LogP) is 4.83. The average molecular weight is 401 g/mol. The molecule has 152 valence electrons. The average Bonchev–Trinajstić information content (AvgIpc) is 2.78. The molecule has 0 aliphatic heterocycles. The highest BCUT2D eigenvalue weighted by molar-refractivity contribution is 5.91. The lowest BCUT2D eigenvalue weighted by Crippen LogP contribution is -2.34. The van der Waals surface area contributed by atoms with Gasteiger partial charge < -0.3 is 14.8 Å². The number of hydrogen-bond donors (Lipinski definition) is 1. The molecule has 1 aliphatic rings. The second-order valence-corrected chi connectivity index (χ2v) is 7.23. The normalized spacial score (nSPS) is 15.0. The maximum atomic E-state index is 12.4. The minimum atomic E-state index is -0.562. The summed E-state index contributed by atoms with van der Waals surface area (Å²) in [5.74, 6) is 0.337. The lowest BCUT2D eigenvalue weighted by atomic mass is 9.88. The maximum absolute atomic E-state index is 12.4. The summed E-state index contributed by atoms with van der Waals surface area (Å²) in [5.41, 5.74) is 2.75. The largest absolute Gasteiger partial charge is 0.457 e. The Balaban J connectivity index is 1.33. The molecule has 5 nitrogen and oxygen atoms in total. The van der Waals surface area contributed by atoms with Crippen LogP contribution in [0.5, 0.6) is 11.5 Å². The van der Waals surface area contributed by atoms with Crippen molar-refractivity contribution >= 4 is 11.9 Å². The molecule has 0 fully saturated rings. The Hall–Kier alpha value is -3.60. The molecule has 3 aromatic rings. The van der Waals surface area contributed by atoms with Crippen molar-refractivity contribution in [3.63, 3.8) is 0 Å². The van der Waals surface area contributed by atoms with Crippen molar-refractivity contribution in [1.82, 2.24) is 5.32 Å². The number of rotatable bonds is 6. The van der Waals surface area contributed by atoms with Gasteiger partial charge in [0.05, 0.1) is 11.6 Å². The highest BCUT2D eigenvalue weighted by Crippen LogP contribution is 2.29. The number of benzene rings is 3. The van der Waals surface area contributed by atoms with Crippen LogP contribution < -0.4 is 10.1 Å². The highest BCUT2D eigenvalue weighted by atomic mass is 16.5. The van der Waals surface area contributed by atoms with Crippen LogP contribution in [0.15, 0.2) is 78.9 Å². The summed E-state index contributed by atoms with van der Waals surface area (Å²) in [6, 6.07) is 24.1. The van der Waals surface area contributed by atoms with Gasteiger partial charge >= 0.3 is 5.97 Å². The van der Waals surface area contributed by atoms with Gasteiger partial charge in [-0.05, 0) is 60.7 Å². The lowest BCUT2D eigenvalue weighted by molar-refractivity contribution is -0.125. The molecular formula is C25H23NO4. The Morgan fingerprint density at radius 1 is 0.900 bits per heavy atom. The van der Waals surface area contributed by atoms with Gasteiger partial charge in [0.15, 0.2) is 6.61 Å². The molecule has 4 rings (SSSR count). The number of esters is 1. The smallest absolute Gasteiger partial charge is 0.338 e. The second-order valence-electron chi connectivity index (χ2n) is 7.23. The van der Waals surface area contributed by atoms with Crippen LogP contribution in [0.2, 0.25) is 0 Å². The van der Waals surface area contributed by atoms with Gasteiger partial charge in [0.2, 0.25) is 0 Å². The van der Waals surface area contributed by atoms with Crippen molar-refractivity contribution in [2.45, 2.75) is 25.3 Å². The van der Waals surface area contributed by atoms with E-state index in [1.807, 2.05) is 48.5 Å². The summed E-state index contributed by atoms with van der Waals surface area (Å²) in [5, 5.41) is 2.99. The van der Waals surface area contributed by atoms with E-state index in [4.69, 9.17) is 9.47 Å². The van der Waals surface area contributed by atoms with Crippen LogP contribution >= 0.6 is 0 Å². The Labute approximate surface area is 175 Å². The van der Waals surface area contributed by atoms with Crippen LogP contribution in [0.1, 0.15) is 40.4 Å². The zero-order chi connectivity index (χ0) is 20.8. The molecule has 1 atom stereocenters. The zero-order valence-electron chi connectivity index (χ0n) is 16.5. The van der Waals surface area contributed by atoms with E-state index in [1.54, 1.807) is 24.3 Å². The van der Waals surface area contributed by atoms with Crippen molar-refractivity contribution in [3.8, 4) is 11.5 Å². The number of nitrogens with one attached hydrogen (secondary N) is 1. The van der Waals surface area contributed by atoms with Gasteiger partial charge in [-0.3, -0.25) is 4.79 Å². The number of carbonyl (C=O) groups excluding carboxylic acids is 2. The fraction of sp³-hybridized carbons (Fsp3) is 0.200. The van der Waals surface area contributed by atoms with Crippen LogP contribution in [-0.2, 0) is 16.0 Å². The third kappa shape index (κ3) is 4.87. The van der Waals surface area contributed by atoms with Gasteiger partial charge in [-0.15, -0.1) is 0 Å². The Morgan fingerprint density at radius 3 is 2.53 bits per heavy atom. The summed E-state index contributed by atoms with van der Waals surface area (Å²) >= 11 is 0. The molecule has 1 aliphatic carbocycles. The third-order valence-electron chi connectivity index (χ3n) is 5.09. The van der Waals surface area contributed by atoms with Crippen molar-refractivity contribution in [1.29, 1.82) is 0 Å². The molecule has 0 bridgehead atoms. The van der Waals surface area contributed by atoms with Gasteiger partial charge in [0.1, 0.15) is 11.5 Å². The molecule has 0 saturated carbocycles. The van der Waals surface area contributed by atoms with Crippen LogP contribution in [0, 0.1) is 0 Å². The molecule has 0 unspecified atom stereocenters. The Kier molecular flexibility index (Phi) is 6.09. The van der Waals surface area contributed by atoms with Crippen molar-refractivity contribution < 1.29 is 19.1 Å². The van der Waals surface area contributed by atoms with Crippen LogP contribution in [-0.4, -0.2) is 18.5 Å². The standard InChI is InChI=1S/C25H23NO4/c27-24(26-23-15-7-9-18-8-4-5-14-22(18)23)17-29-25(28)19-10-6-13-21(16-19)30-20-11-2-1-3-12-20/h1-6,8,10-14,16,23H,7,9,15,17H2,(H,26,27)/t23-/m0/s1. The molecule has 5 heteroatoms. The highest BCUT2D eigenvalue weighted by Gasteiger charge is 2.22. The van der Waals surface area contributed by atoms with Gasteiger partial charge in [-0.25, -0.2) is 4.79 Å². The van der Waals surface area contributed by atoms with Crippen LogP contribution in [0.3, 0.4) is 0 Å². The molecule has 0 spiro atoms. The number of fused-ring (bicyclic) bond motifs is 1. The van der Waals surface area contributed by atoms with E-state index >= 15 is 0 Å². The van der Waals surface area contributed by atoms with Crippen LogP contribution in [0.25, 0.3) is 0 Å². The van der Waals surface area contributed by atoms with E-state index in [1.165, 1.54) is 5.56 Å². The monoisotopic (exact) mass is 401 g/mol. The van der Waals surface area contributed by atoms with Crippen molar-refractivity contribution in [2.75, 3.05) is 6.61 Å². The van der Waals surface area contributed by atoms with E-state index in [9.17, 15) is 9.59 Å². The molecule has 3 aromatic carbocycles. The van der Waals surface area contributed by atoms with Crippen molar-refractivity contribution in [2.24, 2.45) is 0 Å². The molecule has 0 radical (unpaired) electrons. The molecule has 0 heterocycles. The topological polar surface area (TPSA) is 64.6 Å². The number of aryl methyl sites for hydroxylation is 1. The van der Waals surface area contributed by atoms with Crippen LogP contribution in [0.4, 0.5) is 0 Å². The first-order valence-corrected chi connectivity index (χ1v) is 10.1. The molecule has 0 aromatic heterocycles. The fourth-order valence-corrected chi connectivity index (χ4v) is 3.67. The Bertz CT molecular complexity index is 1030. The van der Waals surface area contributed by atoms with E-state index in [0.29, 0.717) is 17.1 Å². The zero-order valence-corrected chi connectivity index (χ0v) is 16.5. The van der Waals surface area contributed by atoms with E-state index in [2.05, 4.69) is 11.4 Å². The maximum Gasteiger partial charge on any atom is 0.338 e. The number of para-hydroxylation sites is 1. The van der Waals surface area contributed by atoms with Gasteiger partial charge in [-0.1, -0.05) is 48.5 Å². The van der Waals surface area contributed by atoms with Gasteiger partial charge in [0.25, 0.3) is 5.91 Å². The Morgan fingerprint density at radius 2 is 1.67 bits per heavy atom. The number of amides is 1. The number of carbonyl (C=O) groups is 2. The first-order chi connectivity index (χ1) is 14.7. The van der Waals surface area contributed by atoms with E-state index in [-0.39, 0.29) is 18.6 Å². The summed E-state index contributed by atoms with van der Waals surface area (Å²) in [4.78, 5) is 24.7. The molecule has 1 amide bonds. The van der Waals surface area contributed by atoms with E-state index in [0.717, 1.165) is 24.8 Å². The minimum absolute atomic E-state index is 0.0382. The van der Waals surface area contributed by atoms with Gasteiger partial charge in [0, 0.05) is 0 Å². The molecule has 0 saturated heterocycles. The second kappa shape index (κ2) is 9.27. The van der Waals surface area contributed by atoms with Gasteiger partial charge in [-0.2, -0.15) is 0 Å². The summed E-state index contributed by atoms with van der Waals surface area (Å²) in [6.07, 6.45) is 2.93. The number of ether oxygens (including phenoxy) is 2. The first kappa shape index (κ1) is 19.7. The first-order valence-electron chi connectivity index (χ1n) is 10.1. The number of hydrogen-bond acceptors (Lipinski definition) is 4. The quantitative estimate of drug-likeness (QED) is 0.601. The van der Waals surface area contributed by atoms with E-state index < -0.39 is 5.97 Å². The lowest BCUT2D eigenvalue weighted by Gasteiger charge is -2.26. The molecule has 1 N–H and O–H groups in total. The summed E-state index contributed by atoms with van der Waals surface area (Å²) in [7, 11) is 0. The summed E-state index contributed by atoms with van der Waals surface area (Å²) in [6.45, 7) is -0.318. The summed E-state index contributed by atoms with van der Waals surface area (Å²) < 4.78 is 11.0. The van der Waals surface area contributed by atoms with Crippen molar-refractivity contribution in [3.05, 3.63) is 95.6 Å². The predicted molar refractivity (Wildman–Crippen MR) is 114 cm³/mol. The fourth-order valence-electron chi connectivity index (χ4n) is 3.67. The molecular weight excluding hydrogens is 378 g/mol. The minimum Gasteiger partial charge on any atom is -0.457 e. The molecule has 30 heavy (non-hydrogen) atoms. The third-order valence-corrected chi connectivity index (χ3v) is 5.09. The SMILES string of the molecule is O=C(COC(=O)c1cccc(Oc2ccccc2)c1)N[C@H]1CCCc2ccccc21.